The maximum absolute atomic E-state index is 12.7. The highest BCUT2D eigenvalue weighted by Crippen LogP contribution is 2.26. The number of nitrogens with zero attached hydrogens (tertiary/aromatic N) is 4. The molecule has 31 heavy (non-hydrogen) atoms. The first-order valence-electron chi connectivity index (χ1n) is 10.1. The fraction of sp³-hybridized carbons (Fsp3) is 0.167. The molecule has 5 rings (SSSR count). The van der Waals surface area contributed by atoms with E-state index in [1.807, 2.05) is 48.7 Å². The van der Waals surface area contributed by atoms with E-state index in [0.29, 0.717) is 12.4 Å². The third-order valence-electron chi connectivity index (χ3n) is 5.46. The third-order valence-corrected chi connectivity index (χ3v) is 6.15. The second-order valence-corrected chi connectivity index (χ2v) is 8.43. The number of halogens is 1. The van der Waals surface area contributed by atoms with Crippen molar-refractivity contribution in [3.8, 4) is 22.6 Å². The Hall–Kier alpha value is -3.16. The SMILES string of the molecule is O=c1[nH]c(-c2cccnc2)nc2c1CN(Cc1ccc(-c3ccccc3Br)nc1)CC2. The minimum atomic E-state index is -0.0732. The van der Waals surface area contributed by atoms with Crippen molar-refractivity contribution in [2.24, 2.45) is 0 Å². The molecule has 3 aromatic heterocycles. The van der Waals surface area contributed by atoms with Gasteiger partial charge in [0, 0.05) is 60.2 Å². The van der Waals surface area contributed by atoms with E-state index in [1.165, 1.54) is 0 Å². The molecular weight excluding hydrogens is 454 g/mol. The van der Waals surface area contributed by atoms with Crippen molar-refractivity contribution in [2.75, 3.05) is 6.54 Å². The zero-order valence-electron chi connectivity index (χ0n) is 16.8. The average Bonchev–Trinajstić information content (AvgIpc) is 2.81. The van der Waals surface area contributed by atoms with Crippen LogP contribution in [-0.4, -0.2) is 31.4 Å². The molecule has 0 unspecified atom stereocenters. The van der Waals surface area contributed by atoms with Crippen LogP contribution in [0.3, 0.4) is 0 Å². The molecule has 0 radical (unpaired) electrons. The lowest BCUT2D eigenvalue weighted by Gasteiger charge is -2.27. The average molecular weight is 474 g/mol. The molecule has 4 heterocycles. The Bertz CT molecular complexity index is 1270. The number of aromatic amines is 1. The van der Waals surface area contributed by atoms with Crippen LogP contribution in [0, 0.1) is 0 Å². The van der Waals surface area contributed by atoms with E-state index >= 15 is 0 Å². The normalized spacial score (nSPS) is 13.7. The molecule has 1 aliphatic heterocycles. The smallest absolute Gasteiger partial charge is 0.255 e. The number of rotatable bonds is 4. The molecule has 6 nitrogen and oxygen atoms in total. The van der Waals surface area contributed by atoms with Gasteiger partial charge in [0.1, 0.15) is 5.82 Å². The van der Waals surface area contributed by atoms with Crippen molar-refractivity contribution >= 4 is 15.9 Å². The summed E-state index contributed by atoms with van der Waals surface area (Å²) in [6, 6.07) is 15.9. The van der Waals surface area contributed by atoms with Gasteiger partial charge in [0.2, 0.25) is 0 Å². The van der Waals surface area contributed by atoms with Crippen molar-refractivity contribution in [1.29, 1.82) is 0 Å². The molecule has 4 aromatic rings. The summed E-state index contributed by atoms with van der Waals surface area (Å²) in [4.78, 5) is 31.4. The van der Waals surface area contributed by atoms with Crippen LogP contribution in [0.25, 0.3) is 22.6 Å². The van der Waals surface area contributed by atoms with Crippen LogP contribution < -0.4 is 5.56 Å². The van der Waals surface area contributed by atoms with Crippen LogP contribution in [0.5, 0.6) is 0 Å². The zero-order chi connectivity index (χ0) is 21.2. The van der Waals surface area contributed by atoms with E-state index in [1.54, 1.807) is 12.4 Å². The summed E-state index contributed by atoms with van der Waals surface area (Å²) in [5.41, 5.74) is 5.50. The Morgan fingerprint density at radius 1 is 1.06 bits per heavy atom. The number of hydrogen-bond donors (Lipinski definition) is 1. The highest BCUT2D eigenvalue weighted by molar-refractivity contribution is 9.10. The van der Waals surface area contributed by atoms with Gasteiger partial charge in [-0.2, -0.15) is 0 Å². The van der Waals surface area contributed by atoms with E-state index in [0.717, 1.165) is 57.6 Å². The Morgan fingerprint density at radius 2 is 1.97 bits per heavy atom. The molecule has 1 N–H and O–H groups in total. The topological polar surface area (TPSA) is 74.8 Å². The van der Waals surface area contributed by atoms with E-state index < -0.39 is 0 Å². The van der Waals surface area contributed by atoms with Gasteiger partial charge in [-0.25, -0.2) is 4.98 Å². The molecule has 1 aliphatic rings. The van der Waals surface area contributed by atoms with E-state index in [2.05, 4.69) is 41.8 Å². The fourth-order valence-electron chi connectivity index (χ4n) is 3.86. The predicted molar refractivity (Wildman–Crippen MR) is 123 cm³/mol. The molecule has 0 aliphatic carbocycles. The van der Waals surface area contributed by atoms with Gasteiger partial charge < -0.3 is 4.98 Å². The van der Waals surface area contributed by atoms with Crippen molar-refractivity contribution in [2.45, 2.75) is 19.5 Å². The van der Waals surface area contributed by atoms with Crippen LogP contribution in [-0.2, 0) is 19.5 Å². The second kappa shape index (κ2) is 8.53. The summed E-state index contributed by atoms with van der Waals surface area (Å²) in [6.07, 6.45) is 6.08. The third kappa shape index (κ3) is 4.19. The molecule has 0 saturated carbocycles. The molecule has 154 valence electrons. The molecule has 0 amide bonds. The first-order chi connectivity index (χ1) is 15.2. The lowest BCUT2D eigenvalue weighted by Crippen LogP contribution is -2.35. The monoisotopic (exact) mass is 473 g/mol. The number of hydrogen-bond acceptors (Lipinski definition) is 5. The summed E-state index contributed by atoms with van der Waals surface area (Å²) in [5.74, 6) is 0.581. The molecule has 7 heteroatoms. The van der Waals surface area contributed by atoms with Gasteiger partial charge in [0.05, 0.1) is 17.0 Å². The minimum Gasteiger partial charge on any atom is -0.306 e. The highest BCUT2D eigenvalue weighted by Gasteiger charge is 2.21. The quantitative estimate of drug-likeness (QED) is 0.480. The first kappa shape index (κ1) is 19.8. The van der Waals surface area contributed by atoms with Gasteiger partial charge >= 0.3 is 0 Å². The van der Waals surface area contributed by atoms with Gasteiger partial charge in [-0.05, 0) is 29.8 Å². The first-order valence-corrected chi connectivity index (χ1v) is 10.9. The molecule has 0 fully saturated rings. The Kier molecular flexibility index (Phi) is 5.44. The number of benzene rings is 1. The molecule has 0 spiro atoms. The van der Waals surface area contributed by atoms with Crippen LogP contribution in [0.1, 0.15) is 16.8 Å². The van der Waals surface area contributed by atoms with E-state index in [-0.39, 0.29) is 5.56 Å². The highest BCUT2D eigenvalue weighted by atomic mass is 79.9. The van der Waals surface area contributed by atoms with Crippen molar-refractivity contribution < 1.29 is 0 Å². The summed E-state index contributed by atoms with van der Waals surface area (Å²) >= 11 is 3.58. The maximum atomic E-state index is 12.7. The summed E-state index contributed by atoms with van der Waals surface area (Å²) < 4.78 is 1.03. The second-order valence-electron chi connectivity index (χ2n) is 7.57. The van der Waals surface area contributed by atoms with Gasteiger partial charge in [-0.3, -0.25) is 19.7 Å². The molecule has 1 aromatic carbocycles. The lowest BCUT2D eigenvalue weighted by atomic mass is 10.1. The Morgan fingerprint density at radius 3 is 2.74 bits per heavy atom. The van der Waals surface area contributed by atoms with Crippen LogP contribution in [0.4, 0.5) is 0 Å². The summed E-state index contributed by atoms with van der Waals surface area (Å²) in [7, 11) is 0. The standard InChI is InChI=1S/C24H20BrN5O/c25-20-6-2-1-5-18(20)21-8-7-16(12-27-21)14-30-11-9-22-19(15-30)24(31)29-23(28-22)17-4-3-10-26-13-17/h1-8,10,12-13H,9,11,14-15H2,(H,28,29,31). The number of pyridine rings is 2. The van der Waals surface area contributed by atoms with Crippen molar-refractivity contribution in [3.05, 3.63) is 98.8 Å². The fourth-order valence-corrected chi connectivity index (χ4v) is 4.35. The molecule has 0 saturated heterocycles. The van der Waals surface area contributed by atoms with Crippen LogP contribution in [0.15, 0.2) is 76.4 Å². The number of H-pyrrole nitrogens is 1. The number of fused-ring (bicyclic) bond motifs is 1. The van der Waals surface area contributed by atoms with Gasteiger partial charge in [0.15, 0.2) is 0 Å². The molecule has 0 bridgehead atoms. The lowest BCUT2D eigenvalue weighted by molar-refractivity contribution is 0.241. The predicted octanol–water partition coefficient (Wildman–Crippen LogP) is 4.21. The van der Waals surface area contributed by atoms with Crippen LogP contribution in [0.2, 0.25) is 0 Å². The van der Waals surface area contributed by atoms with Gasteiger partial charge in [-0.1, -0.05) is 40.2 Å². The number of aromatic nitrogens is 4. The van der Waals surface area contributed by atoms with E-state index in [4.69, 9.17) is 4.98 Å². The van der Waals surface area contributed by atoms with Crippen molar-refractivity contribution in [3.63, 3.8) is 0 Å². The zero-order valence-corrected chi connectivity index (χ0v) is 18.3. The largest absolute Gasteiger partial charge is 0.306 e. The van der Waals surface area contributed by atoms with Crippen molar-refractivity contribution in [1.82, 2.24) is 24.8 Å². The van der Waals surface area contributed by atoms with Gasteiger partial charge in [-0.15, -0.1) is 0 Å². The Balaban J connectivity index is 1.32. The van der Waals surface area contributed by atoms with Gasteiger partial charge in [0.25, 0.3) is 5.56 Å². The minimum absolute atomic E-state index is 0.0732. The van der Waals surface area contributed by atoms with E-state index in [9.17, 15) is 4.79 Å². The molecule has 0 atom stereocenters. The van der Waals surface area contributed by atoms with Crippen LogP contribution >= 0.6 is 15.9 Å². The molecular formula is C24H20BrN5O. The number of nitrogens with one attached hydrogen (secondary N) is 1. The summed E-state index contributed by atoms with van der Waals surface area (Å²) in [5, 5.41) is 0. The summed E-state index contributed by atoms with van der Waals surface area (Å²) in [6.45, 7) is 2.17. The Labute approximate surface area is 188 Å². The maximum Gasteiger partial charge on any atom is 0.255 e.